The molecule has 0 aliphatic heterocycles. The highest BCUT2D eigenvalue weighted by atomic mass is 16.5. The summed E-state index contributed by atoms with van der Waals surface area (Å²) in [6.45, 7) is 0. The largest absolute Gasteiger partial charge is 0.289 e. The van der Waals surface area contributed by atoms with E-state index in [1.165, 1.54) is 12.0 Å². The van der Waals surface area contributed by atoms with Crippen LogP contribution in [0.4, 0.5) is 0 Å². The molecule has 1 aliphatic rings. The highest BCUT2D eigenvalue weighted by Crippen LogP contribution is 2.21. The number of nitrogens with one attached hydrogen (secondary N) is 1. The maximum atomic E-state index is 10.6. The van der Waals surface area contributed by atoms with Crippen molar-refractivity contribution in [3.63, 3.8) is 0 Å². The number of hydroxylamine groups is 1. The number of amides is 1. The third-order valence-electron chi connectivity index (χ3n) is 1.93. The first-order chi connectivity index (χ1) is 5.33. The first-order valence-corrected chi connectivity index (χ1v) is 3.94. The van der Waals surface area contributed by atoms with Gasteiger partial charge in [0.15, 0.2) is 0 Å². The van der Waals surface area contributed by atoms with Crippen LogP contribution in [0.3, 0.4) is 0 Å². The van der Waals surface area contributed by atoms with Crippen molar-refractivity contribution >= 4 is 5.91 Å². The van der Waals surface area contributed by atoms with Gasteiger partial charge in [0.25, 0.3) is 0 Å². The molecule has 0 aromatic rings. The second-order valence-electron chi connectivity index (χ2n) is 2.79. The Balaban J connectivity index is 2.16. The number of hydrogen-bond donors (Lipinski definition) is 2. The third kappa shape index (κ3) is 2.72. The molecule has 0 saturated heterocycles. The molecule has 3 nitrogen and oxygen atoms in total. The van der Waals surface area contributed by atoms with Crippen LogP contribution in [0.25, 0.3) is 0 Å². The van der Waals surface area contributed by atoms with Gasteiger partial charge >= 0.3 is 0 Å². The zero-order valence-electron chi connectivity index (χ0n) is 6.47. The van der Waals surface area contributed by atoms with Crippen LogP contribution in [-0.2, 0) is 4.79 Å². The van der Waals surface area contributed by atoms with E-state index in [0.29, 0.717) is 6.42 Å². The van der Waals surface area contributed by atoms with Crippen molar-refractivity contribution in [2.75, 3.05) is 0 Å². The average Bonchev–Trinajstić information content (AvgIpc) is 2.52. The predicted octanol–water partition coefficient (Wildman–Crippen LogP) is 1.38. The van der Waals surface area contributed by atoms with Crippen molar-refractivity contribution in [3.8, 4) is 0 Å². The lowest BCUT2D eigenvalue weighted by atomic mass is 10.1. The van der Waals surface area contributed by atoms with E-state index < -0.39 is 0 Å². The minimum absolute atomic E-state index is 0.294. The molecule has 0 atom stereocenters. The van der Waals surface area contributed by atoms with E-state index in [1.54, 1.807) is 5.48 Å². The van der Waals surface area contributed by atoms with E-state index in [-0.39, 0.29) is 5.91 Å². The van der Waals surface area contributed by atoms with Crippen molar-refractivity contribution in [2.45, 2.75) is 32.1 Å². The summed E-state index contributed by atoms with van der Waals surface area (Å²) in [7, 11) is 0. The quantitative estimate of drug-likeness (QED) is 0.367. The summed E-state index contributed by atoms with van der Waals surface area (Å²) in [6.07, 6.45) is 6.88. The predicted molar refractivity (Wildman–Crippen MR) is 41.1 cm³/mol. The molecule has 0 bridgehead atoms. The molecule has 0 fully saturated rings. The van der Waals surface area contributed by atoms with Crippen molar-refractivity contribution in [2.24, 2.45) is 0 Å². The monoisotopic (exact) mass is 155 g/mol. The van der Waals surface area contributed by atoms with Crippen molar-refractivity contribution in [1.29, 1.82) is 0 Å². The van der Waals surface area contributed by atoms with Crippen LogP contribution in [-0.4, -0.2) is 11.1 Å². The first kappa shape index (κ1) is 8.27. The molecule has 11 heavy (non-hydrogen) atoms. The highest BCUT2D eigenvalue weighted by Gasteiger charge is 2.06. The SMILES string of the molecule is O=C(CCC1=CCCC1)NO. The van der Waals surface area contributed by atoms with E-state index in [1.807, 2.05) is 0 Å². The number of rotatable bonds is 3. The molecule has 1 aliphatic carbocycles. The summed E-state index contributed by atoms with van der Waals surface area (Å²) < 4.78 is 0. The van der Waals surface area contributed by atoms with Crippen LogP contribution in [0.2, 0.25) is 0 Å². The van der Waals surface area contributed by atoms with Gasteiger partial charge in [-0.2, -0.15) is 0 Å². The van der Waals surface area contributed by atoms with Gasteiger partial charge in [-0.1, -0.05) is 11.6 Å². The molecule has 2 N–H and O–H groups in total. The fourth-order valence-electron chi connectivity index (χ4n) is 1.29. The van der Waals surface area contributed by atoms with E-state index in [9.17, 15) is 4.79 Å². The van der Waals surface area contributed by atoms with Crippen molar-refractivity contribution < 1.29 is 10.0 Å². The molecule has 0 saturated carbocycles. The lowest BCUT2D eigenvalue weighted by Gasteiger charge is -1.99. The Morgan fingerprint density at radius 1 is 1.73 bits per heavy atom. The molecule has 0 unspecified atom stereocenters. The van der Waals surface area contributed by atoms with Crippen LogP contribution in [0, 0.1) is 0 Å². The standard InChI is InChI=1S/C8H13NO2/c10-8(9-11)6-5-7-3-1-2-4-7/h3,11H,1-2,4-6H2,(H,9,10). The van der Waals surface area contributed by atoms with Gasteiger partial charge in [0.1, 0.15) is 0 Å². The van der Waals surface area contributed by atoms with E-state index >= 15 is 0 Å². The molecule has 1 rings (SSSR count). The van der Waals surface area contributed by atoms with Crippen molar-refractivity contribution in [1.82, 2.24) is 5.48 Å². The van der Waals surface area contributed by atoms with Gasteiger partial charge in [-0.25, -0.2) is 5.48 Å². The smallest absolute Gasteiger partial charge is 0.243 e. The molecule has 1 amide bonds. The molecule has 62 valence electrons. The molecular formula is C8H13NO2. The normalized spacial score (nSPS) is 16.3. The zero-order chi connectivity index (χ0) is 8.10. The Bertz CT molecular complexity index is 175. The summed E-state index contributed by atoms with van der Waals surface area (Å²) in [5.74, 6) is -0.294. The molecule has 0 heterocycles. The second kappa shape index (κ2) is 4.13. The van der Waals surface area contributed by atoms with Crippen LogP contribution in [0.15, 0.2) is 11.6 Å². The Morgan fingerprint density at radius 2 is 2.55 bits per heavy atom. The number of carbonyl (C=O) groups is 1. The first-order valence-electron chi connectivity index (χ1n) is 3.94. The van der Waals surface area contributed by atoms with Crippen LogP contribution >= 0.6 is 0 Å². The number of carbonyl (C=O) groups excluding carboxylic acids is 1. The molecular weight excluding hydrogens is 142 g/mol. The molecule has 3 heteroatoms. The second-order valence-corrected chi connectivity index (χ2v) is 2.79. The Labute approximate surface area is 66.1 Å². The molecule has 0 radical (unpaired) electrons. The summed E-state index contributed by atoms with van der Waals surface area (Å²) >= 11 is 0. The number of hydrogen-bond acceptors (Lipinski definition) is 2. The van der Waals surface area contributed by atoms with Crippen LogP contribution in [0.1, 0.15) is 32.1 Å². The third-order valence-corrected chi connectivity index (χ3v) is 1.93. The lowest BCUT2D eigenvalue weighted by Crippen LogP contribution is -2.17. The maximum Gasteiger partial charge on any atom is 0.243 e. The summed E-state index contributed by atoms with van der Waals surface area (Å²) in [5.41, 5.74) is 2.98. The van der Waals surface area contributed by atoms with Crippen molar-refractivity contribution in [3.05, 3.63) is 11.6 Å². The average molecular weight is 155 g/mol. The zero-order valence-corrected chi connectivity index (χ0v) is 6.47. The Morgan fingerprint density at radius 3 is 3.09 bits per heavy atom. The van der Waals surface area contributed by atoms with Gasteiger partial charge < -0.3 is 0 Å². The summed E-state index contributed by atoms with van der Waals surface area (Å²) in [4.78, 5) is 10.6. The van der Waals surface area contributed by atoms with E-state index in [0.717, 1.165) is 19.3 Å². The minimum atomic E-state index is -0.294. The van der Waals surface area contributed by atoms with E-state index in [2.05, 4.69) is 6.08 Å². The van der Waals surface area contributed by atoms with Crippen LogP contribution < -0.4 is 5.48 Å². The number of allylic oxidation sites excluding steroid dienone is 2. The van der Waals surface area contributed by atoms with Gasteiger partial charge in [0, 0.05) is 6.42 Å². The fourth-order valence-corrected chi connectivity index (χ4v) is 1.29. The minimum Gasteiger partial charge on any atom is -0.289 e. The molecule has 0 aromatic carbocycles. The Hall–Kier alpha value is -0.830. The van der Waals surface area contributed by atoms with E-state index in [4.69, 9.17) is 5.21 Å². The fraction of sp³-hybridized carbons (Fsp3) is 0.625. The highest BCUT2D eigenvalue weighted by molar-refractivity contribution is 5.74. The van der Waals surface area contributed by atoms with Gasteiger partial charge in [0.05, 0.1) is 0 Å². The summed E-state index contributed by atoms with van der Waals surface area (Å²) in [5, 5.41) is 8.19. The summed E-state index contributed by atoms with van der Waals surface area (Å²) in [6, 6.07) is 0. The maximum absolute atomic E-state index is 10.6. The van der Waals surface area contributed by atoms with Gasteiger partial charge in [0.2, 0.25) is 5.91 Å². The van der Waals surface area contributed by atoms with Gasteiger partial charge in [-0.05, 0) is 25.7 Å². The van der Waals surface area contributed by atoms with Gasteiger partial charge in [-0.3, -0.25) is 10.0 Å². The molecule has 0 spiro atoms. The van der Waals surface area contributed by atoms with Crippen LogP contribution in [0.5, 0.6) is 0 Å². The van der Waals surface area contributed by atoms with Gasteiger partial charge in [-0.15, -0.1) is 0 Å². The Kier molecular flexibility index (Phi) is 3.11. The topological polar surface area (TPSA) is 49.3 Å². The lowest BCUT2D eigenvalue weighted by molar-refractivity contribution is -0.129. The molecule has 0 aromatic heterocycles.